The van der Waals surface area contributed by atoms with Gasteiger partial charge in [0.1, 0.15) is 12.9 Å². The second kappa shape index (κ2) is 5.99. The highest BCUT2D eigenvalue weighted by Crippen LogP contribution is 2.32. The molecule has 4 rings (SSSR count). The van der Waals surface area contributed by atoms with Crippen LogP contribution in [0.3, 0.4) is 0 Å². The van der Waals surface area contributed by atoms with Crippen molar-refractivity contribution in [3.63, 3.8) is 0 Å². The van der Waals surface area contributed by atoms with E-state index in [1.165, 1.54) is 11.0 Å². The normalized spacial score (nSPS) is 12.2. The van der Waals surface area contributed by atoms with Crippen LogP contribution < -0.4 is 9.47 Å². The summed E-state index contributed by atoms with van der Waals surface area (Å²) in [5.41, 5.74) is 1.75. The van der Waals surface area contributed by atoms with Crippen LogP contribution in [0.5, 0.6) is 11.5 Å². The molecule has 8 nitrogen and oxygen atoms in total. The van der Waals surface area contributed by atoms with Crippen LogP contribution in [0.15, 0.2) is 48.8 Å². The number of carbonyl (C=O) groups excluding carboxylic acids is 1. The average Bonchev–Trinajstić information content (AvgIpc) is 3.30. The van der Waals surface area contributed by atoms with E-state index in [9.17, 15) is 4.79 Å². The first-order chi connectivity index (χ1) is 11.8. The monoisotopic (exact) mass is 324 g/mol. The molecule has 0 fully saturated rings. The highest BCUT2D eigenvalue weighted by Gasteiger charge is 2.16. The molecule has 0 bridgehead atoms. The van der Waals surface area contributed by atoms with Gasteiger partial charge in [0.15, 0.2) is 11.5 Å². The molecule has 0 atom stereocenters. The molecule has 2 heterocycles. The van der Waals surface area contributed by atoms with Gasteiger partial charge in [0.05, 0.1) is 11.3 Å². The Morgan fingerprint density at radius 3 is 2.92 bits per heavy atom. The third-order valence-electron chi connectivity index (χ3n) is 3.53. The van der Waals surface area contributed by atoms with Crippen molar-refractivity contribution in [2.24, 2.45) is 0 Å². The van der Waals surface area contributed by atoms with Crippen LogP contribution in [0.4, 0.5) is 0 Å². The van der Waals surface area contributed by atoms with Gasteiger partial charge in [-0.1, -0.05) is 18.2 Å². The zero-order valence-electron chi connectivity index (χ0n) is 12.5. The number of hydrogen-bond donors (Lipinski definition) is 0. The standard InChI is InChI=1S/C16H12N4O4/c21-16(12-3-1-2-4-13(12)20-9-17-18-19-20)22-8-11-5-6-14-15(7-11)24-10-23-14/h1-7,9H,8,10H2. The number of esters is 1. The van der Waals surface area contributed by atoms with Gasteiger partial charge in [0.25, 0.3) is 0 Å². The smallest absolute Gasteiger partial charge is 0.340 e. The van der Waals surface area contributed by atoms with Gasteiger partial charge in [-0.05, 0) is 40.3 Å². The summed E-state index contributed by atoms with van der Waals surface area (Å²) in [7, 11) is 0. The minimum absolute atomic E-state index is 0.124. The van der Waals surface area contributed by atoms with Crippen LogP contribution in [-0.4, -0.2) is 33.0 Å². The number of benzene rings is 2. The fraction of sp³-hybridized carbons (Fsp3) is 0.125. The Morgan fingerprint density at radius 1 is 1.17 bits per heavy atom. The highest BCUT2D eigenvalue weighted by molar-refractivity contribution is 5.93. The molecule has 0 saturated heterocycles. The number of carbonyl (C=O) groups is 1. The maximum absolute atomic E-state index is 12.4. The largest absolute Gasteiger partial charge is 0.457 e. The first-order valence-electron chi connectivity index (χ1n) is 7.19. The molecule has 1 aliphatic rings. The van der Waals surface area contributed by atoms with Crippen molar-refractivity contribution >= 4 is 5.97 Å². The van der Waals surface area contributed by atoms with Crippen molar-refractivity contribution in [3.05, 3.63) is 59.9 Å². The summed E-state index contributed by atoms with van der Waals surface area (Å²) in [5, 5.41) is 11.0. The SMILES string of the molecule is O=C(OCc1ccc2c(c1)OCO2)c1ccccc1-n1cnnn1. The molecule has 0 unspecified atom stereocenters. The number of fused-ring (bicyclic) bond motifs is 1. The molecule has 120 valence electrons. The number of para-hydroxylation sites is 1. The zero-order valence-corrected chi connectivity index (χ0v) is 12.5. The minimum atomic E-state index is -0.459. The molecule has 1 aliphatic heterocycles. The molecule has 1 aromatic heterocycles. The van der Waals surface area contributed by atoms with E-state index in [4.69, 9.17) is 14.2 Å². The molecule has 8 heteroatoms. The van der Waals surface area contributed by atoms with Crippen LogP contribution in [-0.2, 0) is 11.3 Å². The van der Waals surface area contributed by atoms with Gasteiger partial charge in [-0.25, -0.2) is 4.79 Å². The van der Waals surface area contributed by atoms with E-state index in [1.54, 1.807) is 36.4 Å². The molecule has 0 spiro atoms. The Bertz CT molecular complexity index is 880. The molecular formula is C16H12N4O4. The van der Waals surface area contributed by atoms with Gasteiger partial charge in [-0.2, -0.15) is 4.68 Å². The van der Waals surface area contributed by atoms with Crippen molar-refractivity contribution in [3.8, 4) is 17.2 Å². The quantitative estimate of drug-likeness (QED) is 0.675. The molecule has 0 aliphatic carbocycles. The molecule has 2 aromatic carbocycles. The second-order valence-electron chi connectivity index (χ2n) is 5.04. The fourth-order valence-electron chi connectivity index (χ4n) is 2.38. The summed E-state index contributed by atoms with van der Waals surface area (Å²) in [6.45, 7) is 0.331. The maximum Gasteiger partial charge on any atom is 0.340 e. The Morgan fingerprint density at radius 2 is 2.04 bits per heavy atom. The number of ether oxygens (including phenoxy) is 3. The topological polar surface area (TPSA) is 88.4 Å². The molecule has 0 amide bonds. The van der Waals surface area contributed by atoms with Gasteiger partial charge in [0, 0.05) is 0 Å². The van der Waals surface area contributed by atoms with Crippen molar-refractivity contribution < 1.29 is 19.0 Å². The molecule has 3 aromatic rings. The minimum Gasteiger partial charge on any atom is -0.457 e. The van der Waals surface area contributed by atoms with E-state index in [2.05, 4.69) is 15.5 Å². The van der Waals surface area contributed by atoms with Gasteiger partial charge in [-0.15, -0.1) is 5.10 Å². The van der Waals surface area contributed by atoms with E-state index >= 15 is 0 Å². The number of rotatable bonds is 4. The van der Waals surface area contributed by atoms with Crippen molar-refractivity contribution in [1.29, 1.82) is 0 Å². The van der Waals surface area contributed by atoms with Crippen LogP contribution in [0.25, 0.3) is 5.69 Å². The van der Waals surface area contributed by atoms with E-state index in [1.807, 2.05) is 6.07 Å². The summed E-state index contributed by atoms with van der Waals surface area (Å²) >= 11 is 0. The first-order valence-corrected chi connectivity index (χ1v) is 7.19. The summed E-state index contributed by atoms with van der Waals surface area (Å²) in [6.07, 6.45) is 1.42. The molecule has 0 radical (unpaired) electrons. The van der Waals surface area contributed by atoms with Crippen LogP contribution in [0.2, 0.25) is 0 Å². The first kappa shape index (κ1) is 14.2. The van der Waals surface area contributed by atoms with Gasteiger partial charge < -0.3 is 14.2 Å². The molecule has 0 N–H and O–H groups in total. The Kier molecular flexibility index (Phi) is 3.54. The third-order valence-corrected chi connectivity index (χ3v) is 3.53. The summed E-state index contributed by atoms with van der Waals surface area (Å²) in [4.78, 5) is 12.4. The Balaban J connectivity index is 1.51. The lowest BCUT2D eigenvalue weighted by atomic mass is 10.2. The second-order valence-corrected chi connectivity index (χ2v) is 5.04. The number of nitrogens with zero attached hydrogens (tertiary/aromatic N) is 4. The van der Waals surface area contributed by atoms with Crippen molar-refractivity contribution in [2.75, 3.05) is 6.79 Å². The Hall–Kier alpha value is -3.42. The molecule has 0 saturated carbocycles. The van der Waals surface area contributed by atoms with E-state index in [-0.39, 0.29) is 13.4 Å². The lowest BCUT2D eigenvalue weighted by Gasteiger charge is -2.09. The predicted octanol–water partition coefficient (Wildman–Crippen LogP) is 1.75. The third kappa shape index (κ3) is 2.65. The van der Waals surface area contributed by atoms with E-state index < -0.39 is 5.97 Å². The van der Waals surface area contributed by atoms with E-state index in [0.29, 0.717) is 22.7 Å². The molecule has 24 heavy (non-hydrogen) atoms. The lowest BCUT2D eigenvalue weighted by molar-refractivity contribution is 0.0472. The summed E-state index contributed by atoms with van der Waals surface area (Å²) in [5.74, 6) is 0.880. The van der Waals surface area contributed by atoms with Gasteiger partial charge in [-0.3, -0.25) is 0 Å². The number of aromatic nitrogens is 4. The van der Waals surface area contributed by atoms with Crippen LogP contribution in [0, 0.1) is 0 Å². The molecular weight excluding hydrogens is 312 g/mol. The van der Waals surface area contributed by atoms with Crippen molar-refractivity contribution in [1.82, 2.24) is 20.2 Å². The number of hydrogen-bond acceptors (Lipinski definition) is 7. The predicted molar refractivity (Wildman–Crippen MR) is 80.8 cm³/mol. The maximum atomic E-state index is 12.4. The van der Waals surface area contributed by atoms with E-state index in [0.717, 1.165) is 5.56 Å². The number of tetrazole rings is 1. The van der Waals surface area contributed by atoms with Crippen LogP contribution >= 0.6 is 0 Å². The van der Waals surface area contributed by atoms with Gasteiger partial charge in [0.2, 0.25) is 6.79 Å². The zero-order chi connectivity index (χ0) is 16.4. The van der Waals surface area contributed by atoms with Crippen LogP contribution in [0.1, 0.15) is 15.9 Å². The highest BCUT2D eigenvalue weighted by atomic mass is 16.7. The summed E-state index contributed by atoms with van der Waals surface area (Å²) < 4.78 is 17.4. The van der Waals surface area contributed by atoms with Gasteiger partial charge >= 0.3 is 5.97 Å². The fourth-order valence-corrected chi connectivity index (χ4v) is 2.38. The van der Waals surface area contributed by atoms with Crippen molar-refractivity contribution in [2.45, 2.75) is 6.61 Å². The summed E-state index contributed by atoms with van der Waals surface area (Å²) in [6, 6.07) is 12.4. The lowest BCUT2D eigenvalue weighted by Crippen LogP contribution is -2.10. The average molecular weight is 324 g/mol. The Labute approximate surface area is 136 Å².